The molecule has 1 heterocycles. The number of benzene rings is 4. The molecule has 5 aromatic rings. The average Bonchev–Trinajstić information content (AvgIpc) is 3.44. The molecule has 8 nitrogen and oxygen atoms in total. The van der Waals surface area contributed by atoms with E-state index >= 15 is 4.39 Å². The van der Waals surface area contributed by atoms with Gasteiger partial charge in [0.2, 0.25) is 5.91 Å². The van der Waals surface area contributed by atoms with E-state index in [0.717, 1.165) is 16.7 Å². The number of nitrogens with zero attached hydrogens (tertiary/aromatic N) is 2. The van der Waals surface area contributed by atoms with Crippen molar-refractivity contribution in [3.05, 3.63) is 107 Å². The van der Waals surface area contributed by atoms with Crippen molar-refractivity contribution in [3.8, 4) is 22.6 Å². The van der Waals surface area contributed by atoms with Crippen LogP contribution in [0.1, 0.15) is 23.6 Å². The van der Waals surface area contributed by atoms with E-state index in [1.54, 1.807) is 18.2 Å². The summed E-state index contributed by atoms with van der Waals surface area (Å²) in [6.07, 6.45) is 0. The maximum Gasteiger partial charge on any atom is 0.216 e. The van der Waals surface area contributed by atoms with Gasteiger partial charge in [-0.2, -0.15) is 0 Å². The minimum Gasteiger partial charge on any atom is -0.489 e. The van der Waals surface area contributed by atoms with Crippen LogP contribution in [0, 0.1) is 5.82 Å². The molecule has 4 aromatic carbocycles. The highest BCUT2D eigenvalue weighted by atomic mass is 19.1. The fourth-order valence-corrected chi connectivity index (χ4v) is 4.23. The van der Waals surface area contributed by atoms with Crippen LogP contribution in [0.2, 0.25) is 0 Å². The third-order valence-electron chi connectivity index (χ3n) is 6.30. The van der Waals surface area contributed by atoms with E-state index in [-0.39, 0.29) is 18.3 Å². The normalized spacial score (nSPS) is 10.9. The Bertz CT molecular complexity index is 1590. The lowest BCUT2D eigenvalue weighted by Crippen LogP contribution is -2.30. The predicted octanol–water partition coefficient (Wildman–Crippen LogP) is 5.41. The molecule has 0 unspecified atom stereocenters. The summed E-state index contributed by atoms with van der Waals surface area (Å²) in [7, 11) is 0. The smallest absolute Gasteiger partial charge is 0.216 e. The van der Waals surface area contributed by atoms with Gasteiger partial charge in [0.1, 0.15) is 41.6 Å². The summed E-state index contributed by atoms with van der Waals surface area (Å²) in [5, 5.41) is 13.8. The van der Waals surface area contributed by atoms with Crippen molar-refractivity contribution in [2.45, 2.75) is 26.7 Å². The number of amides is 1. The number of halogens is 1. The van der Waals surface area contributed by atoms with Crippen molar-refractivity contribution in [1.82, 2.24) is 20.9 Å². The highest BCUT2D eigenvalue weighted by Crippen LogP contribution is 2.29. The van der Waals surface area contributed by atoms with E-state index in [1.165, 1.54) is 6.92 Å². The topological polar surface area (TPSA) is 98.5 Å². The number of hydrogen-bond acceptors (Lipinski definition) is 7. The van der Waals surface area contributed by atoms with Crippen LogP contribution in [-0.4, -0.2) is 29.3 Å². The van der Waals surface area contributed by atoms with Crippen LogP contribution in [0.3, 0.4) is 0 Å². The molecule has 0 spiro atoms. The molecular weight excluding hydrogens is 511 g/mol. The first-order valence-electron chi connectivity index (χ1n) is 12.9. The molecular formula is C31H29FN4O4. The van der Waals surface area contributed by atoms with Gasteiger partial charge < -0.3 is 20.1 Å². The first-order chi connectivity index (χ1) is 19.6. The standard InChI is InChI=1S/C31H29FN4O4/c1-21(37)34-15-14-33-18-24-11-12-26(17-30(24)39-19-22-10-13-28-29(16-22)36-40-35-28)38-20-25-8-5-9-27(31(25)32)23-6-3-2-4-7-23/h2-13,16-17,33H,14-15,18-20H2,1H3,(H,34,37). The zero-order valence-corrected chi connectivity index (χ0v) is 22.0. The van der Waals surface area contributed by atoms with Crippen molar-refractivity contribution < 1.29 is 23.3 Å². The van der Waals surface area contributed by atoms with Crippen molar-refractivity contribution in [1.29, 1.82) is 0 Å². The number of ether oxygens (including phenoxy) is 2. The Morgan fingerprint density at radius 1 is 0.850 bits per heavy atom. The first-order valence-corrected chi connectivity index (χ1v) is 12.9. The van der Waals surface area contributed by atoms with Crippen LogP contribution in [0.15, 0.2) is 89.6 Å². The Hall–Kier alpha value is -4.76. The Kier molecular flexibility index (Phi) is 8.63. The monoisotopic (exact) mass is 540 g/mol. The van der Waals surface area contributed by atoms with Gasteiger partial charge in [-0.1, -0.05) is 60.7 Å². The summed E-state index contributed by atoms with van der Waals surface area (Å²) in [6.45, 7) is 3.49. The van der Waals surface area contributed by atoms with Gasteiger partial charge in [-0.15, -0.1) is 0 Å². The molecule has 0 aliphatic heterocycles. The highest BCUT2D eigenvalue weighted by Gasteiger charge is 2.12. The van der Waals surface area contributed by atoms with Crippen molar-refractivity contribution in [2.75, 3.05) is 13.1 Å². The quantitative estimate of drug-likeness (QED) is 0.204. The number of carbonyl (C=O) groups excluding carboxylic acids is 1. The van der Waals surface area contributed by atoms with E-state index in [9.17, 15) is 4.79 Å². The molecule has 40 heavy (non-hydrogen) atoms. The van der Waals surface area contributed by atoms with Crippen LogP contribution in [0.4, 0.5) is 4.39 Å². The minimum atomic E-state index is -0.303. The van der Waals surface area contributed by atoms with Crippen molar-refractivity contribution >= 4 is 16.9 Å². The van der Waals surface area contributed by atoms with E-state index in [4.69, 9.17) is 14.1 Å². The van der Waals surface area contributed by atoms with Gasteiger partial charge >= 0.3 is 0 Å². The van der Waals surface area contributed by atoms with Gasteiger partial charge in [0.05, 0.1) is 0 Å². The first kappa shape index (κ1) is 26.8. The maximum atomic E-state index is 15.3. The summed E-state index contributed by atoms with van der Waals surface area (Å²) in [5.41, 5.74) is 4.94. The zero-order valence-electron chi connectivity index (χ0n) is 22.0. The lowest BCUT2D eigenvalue weighted by atomic mass is 10.0. The van der Waals surface area contributed by atoms with Crippen LogP contribution in [-0.2, 0) is 24.6 Å². The molecule has 5 rings (SSSR count). The highest BCUT2D eigenvalue weighted by molar-refractivity contribution is 5.73. The molecule has 0 saturated heterocycles. The van der Waals surface area contributed by atoms with Crippen molar-refractivity contribution in [2.24, 2.45) is 0 Å². The second kappa shape index (κ2) is 12.9. The van der Waals surface area contributed by atoms with Gasteiger partial charge in [0.25, 0.3) is 0 Å². The molecule has 0 radical (unpaired) electrons. The Labute approximate surface area is 231 Å². The SMILES string of the molecule is CC(=O)NCCNCc1ccc(OCc2cccc(-c3ccccc3)c2F)cc1OCc1ccc2nonc2c1. The Morgan fingerprint density at radius 2 is 1.70 bits per heavy atom. The third kappa shape index (κ3) is 6.81. The van der Waals surface area contributed by atoms with Gasteiger partial charge in [-0.3, -0.25) is 4.79 Å². The second-order valence-electron chi connectivity index (χ2n) is 9.24. The molecule has 0 bridgehead atoms. The molecule has 204 valence electrons. The average molecular weight is 541 g/mol. The molecule has 0 fully saturated rings. The molecule has 0 saturated carbocycles. The summed E-state index contributed by atoms with van der Waals surface area (Å²) >= 11 is 0. The van der Waals surface area contributed by atoms with Gasteiger partial charge in [-0.25, -0.2) is 9.02 Å². The number of hydrogen-bond donors (Lipinski definition) is 2. The summed E-state index contributed by atoms with van der Waals surface area (Å²) < 4.78 is 32.3. The molecule has 2 N–H and O–H groups in total. The number of nitrogens with one attached hydrogen (secondary N) is 2. The minimum absolute atomic E-state index is 0.0656. The molecule has 0 aliphatic carbocycles. The zero-order chi connectivity index (χ0) is 27.7. The molecule has 0 atom stereocenters. The van der Waals surface area contributed by atoms with E-state index in [1.807, 2.05) is 66.7 Å². The predicted molar refractivity (Wildman–Crippen MR) is 149 cm³/mol. The number of carbonyl (C=O) groups is 1. The van der Waals surface area contributed by atoms with Crippen LogP contribution in [0.25, 0.3) is 22.2 Å². The number of aromatic nitrogens is 2. The molecule has 1 amide bonds. The largest absolute Gasteiger partial charge is 0.489 e. The van der Waals surface area contributed by atoms with E-state index in [2.05, 4.69) is 20.9 Å². The van der Waals surface area contributed by atoms with Gasteiger partial charge in [0, 0.05) is 49.3 Å². The summed E-state index contributed by atoms with van der Waals surface area (Å²) in [4.78, 5) is 11.1. The second-order valence-corrected chi connectivity index (χ2v) is 9.24. The number of fused-ring (bicyclic) bond motifs is 1. The Morgan fingerprint density at radius 3 is 2.55 bits per heavy atom. The summed E-state index contributed by atoms with van der Waals surface area (Å²) in [6, 6.07) is 25.9. The van der Waals surface area contributed by atoms with Gasteiger partial charge in [-0.05, 0) is 39.6 Å². The van der Waals surface area contributed by atoms with Crippen LogP contribution in [0.5, 0.6) is 11.5 Å². The number of rotatable bonds is 12. The molecule has 1 aromatic heterocycles. The maximum absolute atomic E-state index is 15.3. The molecule has 0 aliphatic rings. The fourth-order valence-electron chi connectivity index (χ4n) is 4.23. The van der Waals surface area contributed by atoms with Crippen LogP contribution < -0.4 is 20.1 Å². The third-order valence-corrected chi connectivity index (χ3v) is 6.30. The van der Waals surface area contributed by atoms with Gasteiger partial charge in [0.15, 0.2) is 0 Å². The lowest BCUT2D eigenvalue weighted by molar-refractivity contribution is -0.118. The summed E-state index contributed by atoms with van der Waals surface area (Å²) in [5.74, 6) is 0.805. The lowest BCUT2D eigenvalue weighted by Gasteiger charge is -2.15. The molecule has 9 heteroatoms. The van der Waals surface area contributed by atoms with Crippen LogP contribution >= 0.6 is 0 Å². The Balaban J connectivity index is 1.30. The van der Waals surface area contributed by atoms with E-state index in [0.29, 0.717) is 59.9 Å². The van der Waals surface area contributed by atoms with E-state index < -0.39 is 0 Å². The van der Waals surface area contributed by atoms with Crippen molar-refractivity contribution in [3.63, 3.8) is 0 Å². The fraction of sp³-hybridized carbons (Fsp3) is 0.194.